The van der Waals surface area contributed by atoms with Crippen LogP contribution < -0.4 is 16.2 Å². The molecule has 0 atom stereocenters. The number of hydrogen-bond donors (Lipinski definition) is 2. The highest BCUT2D eigenvalue weighted by Crippen LogP contribution is 2.32. The number of anilines is 2. The molecule has 2 aromatic carbocycles. The predicted molar refractivity (Wildman–Crippen MR) is 162 cm³/mol. The summed E-state index contributed by atoms with van der Waals surface area (Å²) in [5.41, 5.74) is 6.85. The van der Waals surface area contributed by atoms with Gasteiger partial charge in [0.1, 0.15) is 5.65 Å². The van der Waals surface area contributed by atoms with Crippen molar-refractivity contribution in [1.29, 1.82) is 0 Å². The lowest BCUT2D eigenvalue weighted by atomic mass is 9.90. The molecule has 0 unspecified atom stereocenters. The van der Waals surface area contributed by atoms with Gasteiger partial charge in [-0.2, -0.15) is 4.98 Å². The van der Waals surface area contributed by atoms with Crippen molar-refractivity contribution in [2.75, 3.05) is 18.4 Å². The number of aromatic nitrogens is 4. The van der Waals surface area contributed by atoms with Crippen LogP contribution in [0.15, 0.2) is 77.9 Å². The van der Waals surface area contributed by atoms with Crippen LogP contribution in [0.1, 0.15) is 36.9 Å². The van der Waals surface area contributed by atoms with Crippen molar-refractivity contribution in [3.05, 3.63) is 99.7 Å². The third kappa shape index (κ3) is 5.22. The average molecular weight is 551 g/mol. The molecule has 202 valence electrons. The average Bonchev–Trinajstić information content (AvgIpc) is 2.98. The van der Waals surface area contributed by atoms with Crippen LogP contribution in [-0.4, -0.2) is 32.6 Å². The fourth-order valence-electron chi connectivity index (χ4n) is 5.47. The second-order valence-corrected chi connectivity index (χ2v) is 10.6. The lowest BCUT2D eigenvalue weighted by molar-refractivity contribution is 0.460. The van der Waals surface area contributed by atoms with E-state index in [1.54, 1.807) is 17.0 Å². The van der Waals surface area contributed by atoms with Crippen molar-refractivity contribution in [2.24, 2.45) is 0 Å². The summed E-state index contributed by atoms with van der Waals surface area (Å²) in [6, 6.07) is 20.1. The van der Waals surface area contributed by atoms with Crippen molar-refractivity contribution in [2.45, 2.75) is 39.2 Å². The summed E-state index contributed by atoms with van der Waals surface area (Å²) in [4.78, 5) is 27.2. The van der Waals surface area contributed by atoms with E-state index in [9.17, 15) is 4.79 Å². The molecule has 0 aliphatic carbocycles. The minimum atomic E-state index is -0.139. The molecule has 40 heavy (non-hydrogen) atoms. The van der Waals surface area contributed by atoms with Crippen LogP contribution in [0.4, 0.5) is 11.6 Å². The van der Waals surface area contributed by atoms with Crippen molar-refractivity contribution >= 4 is 34.3 Å². The Morgan fingerprint density at radius 2 is 1.75 bits per heavy atom. The number of halogens is 1. The maximum Gasteiger partial charge on any atom is 0.260 e. The first-order valence-electron chi connectivity index (χ1n) is 13.7. The quantitative estimate of drug-likeness (QED) is 0.244. The molecule has 4 heterocycles. The minimum absolute atomic E-state index is 0.139. The van der Waals surface area contributed by atoms with Gasteiger partial charge in [-0.1, -0.05) is 35.9 Å². The van der Waals surface area contributed by atoms with Gasteiger partial charge in [0.25, 0.3) is 5.56 Å². The summed E-state index contributed by atoms with van der Waals surface area (Å²) in [7, 11) is 0. The highest BCUT2D eigenvalue weighted by molar-refractivity contribution is 6.33. The number of benzene rings is 2. The molecule has 2 N–H and O–H groups in total. The fourth-order valence-corrected chi connectivity index (χ4v) is 5.75. The number of hydrogen-bond acceptors (Lipinski definition) is 6. The van der Waals surface area contributed by atoms with E-state index < -0.39 is 0 Å². The van der Waals surface area contributed by atoms with Gasteiger partial charge >= 0.3 is 0 Å². The van der Waals surface area contributed by atoms with Crippen LogP contribution in [0.3, 0.4) is 0 Å². The summed E-state index contributed by atoms with van der Waals surface area (Å²) in [5.74, 6) is 1.05. The van der Waals surface area contributed by atoms with Crippen LogP contribution in [0.2, 0.25) is 5.02 Å². The first kappa shape index (κ1) is 26.2. The van der Waals surface area contributed by atoms with Gasteiger partial charge in [0.15, 0.2) is 0 Å². The van der Waals surface area contributed by atoms with Gasteiger partial charge in [-0.15, -0.1) is 0 Å². The van der Waals surface area contributed by atoms with Gasteiger partial charge in [0, 0.05) is 51.9 Å². The van der Waals surface area contributed by atoms with Gasteiger partial charge in [-0.25, -0.2) is 4.98 Å². The van der Waals surface area contributed by atoms with Crippen LogP contribution in [-0.2, 0) is 6.54 Å². The molecule has 6 rings (SSSR count). The molecular formula is C32H31ClN6O. The summed E-state index contributed by atoms with van der Waals surface area (Å²) in [6.07, 6.45) is 5.86. The number of aryl methyl sites for hydroxylation is 2. The molecule has 3 aromatic heterocycles. The lowest BCUT2D eigenvalue weighted by Gasteiger charge is -2.23. The van der Waals surface area contributed by atoms with Crippen LogP contribution >= 0.6 is 11.6 Å². The van der Waals surface area contributed by atoms with Crippen molar-refractivity contribution in [3.8, 4) is 22.3 Å². The van der Waals surface area contributed by atoms with E-state index in [1.165, 1.54) is 5.56 Å². The first-order chi connectivity index (χ1) is 19.5. The van der Waals surface area contributed by atoms with E-state index in [-0.39, 0.29) is 5.56 Å². The van der Waals surface area contributed by atoms with Crippen LogP contribution in [0.5, 0.6) is 0 Å². The third-order valence-corrected chi connectivity index (χ3v) is 7.92. The highest BCUT2D eigenvalue weighted by atomic mass is 35.5. The molecule has 0 bridgehead atoms. The molecule has 1 aliphatic heterocycles. The van der Waals surface area contributed by atoms with Crippen molar-refractivity contribution in [3.63, 3.8) is 0 Å². The van der Waals surface area contributed by atoms with E-state index in [0.29, 0.717) is 40.2 Å². The van der Waals surface area contributed by atoms with Gasteiger partial charge < -0.3 is 10.6 Å². The van der Waals surface area contributed by atoms with Crippen LogP contribution in [0.25, 0.3) is 33.3 Å². The van der Waals surface area contributed by atoms with E-state index in [0.717, 1.165) is 53.8 Å². The maximum atomic E-state index is 13.6. The molecule has 0 radical (unpaired) electrons. The Balaban J connectivity index is 1.30. The zero-order valence-electron chi connectivity index (χ0n) is 22.6. The molecular weight excluding hydrogens is 520 g/mol. The van der Waals surface area contributed by atoms with E-state index in [4.69, 9.17) is 16.6 Å². The first-order valence-corrected chi connectivity index (χ1v) is 14.1. The van der Waals surface area contributed by atoms with E-state index in [1.807, 2.05) is 50.2 Å². The molecule has 1 fully saturated rings. The number of fused-ring (bicyclic) bond motifs is 1. The number of nitrogens with zero attached hydrogens (tertiary/aromatic N) is 4. The highest BCUT2D eigenvalue weighted by Gasteiger charge is 2.17. The van der Waals surface area contributed by atoms with Gasteiger partial charge in [0.2, 0.25) is 5.95 Å². The second-order valence-electron chi connectivity index (χ2n) is 10.2. The van der Waals surface area contributed by atoms with Gasteiger partial charge in [0.05, 0.1) is 0 Å². The zero-order chi connectivity index (χ0) is 27.6. The van der Waals surface area contributed by atoms with Gasteiger partial charge in [-0.05, 0) is 98.8 Å². The summed E-state index contributed by atoms with van der Waals surface area (Å²) >= 11 is 6.74. The minimum Gasteiger partial charge on any atom is -0.324 e. The molecule has 7 nitrogen and oxygen atoms in total. The Labute approximate surface area is 238 Å². The predicted octanol–water partition coefficient (Wildman–Crippen LogP) is 6.71. The van der Waals surface area contributed by atoms with Crippen molar-refractivity contribution < 1.29 is 0 Å². The van der Waals surface area contributed by atoms with E-state index in [2.05, 4.69) is 44.9 Å². The SMILES string of the molecule is CCn1c(=O)c(-c2ccc(-c3ccnc(C)c3)cc2Cl)cc2cnc(Nc3ccc(C4CCNCC4)cc3)nc21. The Morgan fingerprint density at radius 1 is 0.975 bits per heavy atom. The molecule has 8 heteroatoms. The maximum absolute atomic E-state index is 13.6. The molecule has 1 aliphatic rings. The molecule has 5 aromatic rings. The number of piperidine rings is 1. The second kappa shape index (κ2) is 11.2. The largest absolute Gasteiger partial charge is 0.324 e. The number of nitrogens with one attached hydrogen (secondary N) is 2. The molecule has 1 saturated heterocycles. The molecule has 0 amide bonds. The third-order valence-electron chi connectivity index (χ3n) is 7.61. The summed E-state index contributed by atoms with van der Waals surface area (Å²) in [5, 5.41) is 8.01. The summed E-state index contributed by atoms with van der Waals surface area (Å²) < 4.78 is 1.67. The fraction of sp³-hybridized carbons (Fsp3) is 0.250. The topological polar surface area (TPSA) is 84.7 Å². The van der Waals surface area contributed by atoms with Gasteiger partial charge in [-0.3, -0.25) is 14.3 Å². The van der Waals surface area contributed by atoms with E-state index >= 15 is 0 Å². The monoisotopic (exact) mass is 550 g/mol. The number of rotatable bonds is 6. The Hall–Kier alpha value is -4.07. The van der Waals surface area contributed by atoms with Crippen LogP contribution in [0, 0.1) is 6.92 Å². The molecule has 0 saturated carbocycles. The lowest BCUT2D eigenvalue weighted by Crippen LogP contribution is -2.26. The smallest absolute Gasteiger partial charge is 0.260 e. The molecule has 0 spiro atoms. The Bertz CT molecular complexity index is 1740. The Morgan fingerprint density at radius 3 is 2.48 bits per heavy atom. The number of pyridine rings is 2. The normalized spacial score (nSPS) is 14.0. The summed E-state index contributed by atoms with van der Waals surface area (Å²) in [6.45, 7) is 6.50. The Kier molecular flexibility index (Phi) is 7.32. The van der Waals surface area contributed by atoms with Crippen molar-refractivity contribution in [1.82, 2.24) is 24.8 Å². The zero-order valence-corrected chi connectivity index (χ0v) is 23.4. The standard InChI is InChI=1S/C32H31ClN6O/c1-3-39-30-25(19-36-32(38-30)37-26-7-4-21(5-8-26)22-10-13-34-14-11-22)17-28(31(39)40)27-9-6-23(18-29(27)33)24-12-15-35-20(2)16-24/h4-9,12,15-19,22,34H,3,10-11,13-14H2,1-2H3,(H,36,37,38).